The molecule has 94 valence electrons. The highest BCUT2D eigenvalue weighted by Crippen LogP contribution is 2.23. The molecule has 0 saturated carbocycles. The second kappa shape index (κ2) is 5.12. The number of aliphatic hydroxyl groups is 1. The summed E-state index contributed by atoms with van der Waals surface area (Å²) in [5.41, 5.74) is 2.01. The third-order valence-electron chi connectivity index (χ3n) is 3.50. The van der Waals surface area contributed by atoms with Crippen LogP contribution in [0.4, 0.5) is 0 Å². The van der Waals surface area contributed by atoms with Gasteiger partial charge in [0.2, 0.25) is 0 Å². The molecular formula is C13H21N3O. The van der Waals surface area contributed by atoms with Crippen molar-refractivity contribution in [1.29, 1.82) is 0 Å². The van der Waals surface area contributed by atoms with Gasteiger partial charge < -0.3 is 10.0 Å². The molecule has 2 unspecified atom stereocenters. The number of aromatic nitrogens is 1. The van der Waals surface area contributed by atoms with Crippen molar-refractivity contribution in [3.8, 4) is 0 Å². The third-order valence-corrected chi connectivity index (χ3v) is 3.50. The molecule has 2 rings (SSSR count). The van der Waals surface area contributed by atoms with Gasteiger partial charge in [-0.2, -0.15) is 0 Å². The van der Waals surface area contributed by atoms with Crippen molar-refractivity contribution in [2.24, 2.45) is 0 Å². The van der Waals surface area contributed by atoms with E-state index >= 15 is 0 Å². The predicted molar refractivity (Wildman–Crippen MR) is 67.8 cm³/mol. The molecule has 0 spiro atoms. The monoisotopic (exact) mass is 235 g/mol. The zero-order valence-corrected chi connectivity index (χ0v) is 10.8. The van der Waals surface area contributed by atoms with Crippen LogP contribution in [0.3, 0.4) is 0 Å². The Labute approximate surface area is 103 Å². The zero-order valence-electron chi connectivity index (χ0n) is 10.8. The maximum absolute atomic E-state index is 10.4. The molecule has 2 heterocycles. The van der Waals surface area contributed by atoms with Gasteiger partial charge in [-0.1, -0.05) is 6.07 Å². The molecule has 0 amide bonds. The first-order valence-electron chi connectivity index (χ1n) is 6.06. The molecule has 0 aromatic carbocycles. The van der Waals surface area contributed by atoms with Crippen LogP contribution in [0.15, 0.2) is 18.5 Å². The average Bonchev–Trinajstić information content (AvgIpc) is 2.31. The highest BCUT2D eigenvalue weighted by molar-refractivity contribution is 5.20. The smallest absolute Gasteiger partial charge is 0.0972 e. The van der Waals surface area contributed by atoms with Crippen LogP contribution in [0.1, 0.15) is 17.2 Å². The van der Waals surface area contributed by atoms with Gasteiger partial charge in [-0.15, -0.1) is 0 Å². The van der Waals surface area contributed by atoms with Gasteiger partial charge in [0.05, 0.1) is 12.1 Å². The first-order chi connectivity index (χ1) is 8.08. The first kappa shape index (κ1) is 12.5. The minimum absolute atomic E-state index is 0.150. The van der Waals surface area contributed by atoms with Gasteiger partial charge in [-0.3, -0.25) is 9.88 Å². The lowest BCUT2D eigenvalue weighted by Crippen LogP contribution is -2.52. The Bertz CT molecular complexity index is 383. The maximum Gasteiger partial charge on any atom is 0.0972 e. The largest absolute Gasteiger partial charge is 0.387 e. The summed E-state index contributed by atoms with van der Waals surface area (Å²) < 4.78 is 0. The van der Waals surface area contributed by atoms with E-state index in [2.05, 4.69) is 28.9 Å². The highest BCUT2D eigenvalue weighted by Gasteiger charge is 2.29. The summed E-state index contributed by atoms with van der Waals surface area (Å²) in [5.74, 6) is 0. The van der Waals surface area contributed by atoms with E-state index in [-0.39, 0.29) is 6.04 Å². The van der Waals surface area contributed by atoms with Gasteiger partial charge >= 0.3 is 0 Å². The maximum atomic E-state index is 10.4. The Kier molecular flexibility index (Phi) is 3.76. The predicted octanol–water partition coefficient (Wildman–Crippen LogP) is 0.669. The third kappa shape index (κ3) is 2.83. The van der Waals surface area contributed by atoms with Crippen LogP contribution in [0.25, 0.3) is 0 Å². The van der Waals surface area contributed by atoms with Crippen LogP contribution in [-0.2, 0) is 0 Å². The molecule has 17 heavy (non-hydrogen) atoms. The van der Waals surface area contributed by atoms with Crippen LogP contribution in [0, 0.1) is 6.92 Å². The van der Waals surface area contributed by atoms with E-state index in [9.17, 15) is 5.11 Å². The molecule has 1 aromatic heterocycles. The van der Waals surface area contributed by atoms with Crippen molar-refractivity contribution in [1.82, 2.24) is 14.8 Å². The molecule has 0 bridgehead atoms. The summed E-state index contributed by atoms with van der Waals surface area (Å²) in [7, 11) is 4.17. The summed E-state index contributed by atoms with van der Waals surface area (Å²) in [6, 6.07) is 2.16. The molecule has 4 heteroatoms. The molecule has 1 saturated heterocycles. The number of likely N-dealkylation sites (N-methyl/N-ethyl adjacent to an activating group) is 2. The fourth-order valence-corrected chi connectivity index (χ4v) is 2.35. The van der Waals surface area contributed by atoms with Crippen LogP contribution in [-0.4, -0.2) is 59.7 Å². The molecule has 1 fully saturated rings. The fourth-order valence-electron chi connectivity index (χ4n) is 2.35. The second-order valence-corrected chi connectivity index (χ2v) is 5.05. The number of piperazine rings is 1. The molecule has 4 nitrogen and oxygen atoms in total. The first-order valence-corrected chi connectivity index (χ1v) is 6.06. The Balaban J connectivity index is 2.15. The molecule has 1 aliphatic rings. The van der Waals surface area contributed by atoms with E-state index in [1.807, 2.05) is 19.2 Å². The van der Waals surface area contributed by atoms with Crippen molar-refractivity contribution in [2.45, 2.75) is 19.1 Å². The van der Waals surface area contributed by atoms with Crippen molar-refractivity contribution in [3.05, 3.63) is 29.6 Å². The van der Waals surface area contributed by atoms with Crippen molar-refractivity contribution >= 4 is 0 Å². The number of hydrogen-bond acceptors (Lipinski definition) is 4. The van der Waals surface area contributed by atoms with Crippen LogP contribution in [0.2, 0.25) is 0 Å². The van der Waals surface area contributed by atoms with Gasteiger partial charge in [0.1, 0.15) is 0 Å². The number of hydrogen-bond donors (Lipinski definition) is 1. The number of pyridine rings is 1. The number of rotatable bonds is 2. The van der Waals surface area contributed by atoms with Gasteiger partial charge in [-0.25, -0.2) is 0 Å². The van der Waals surface area contributed by atoms with E-state index in [4.69, 9.17) is 0 Å². The quantitative estimate of drug-likeness (QED) is 0.818. The molecule has 0 aliphatic carbocycles. The summed E-state index contributed by atoms with van der Waals surface area (Å²) in [6.45, 7) is 4.95. The Hall–Kier alpha value is -0.970. The summed E-state index contributed by atoms with van der Waals surface area (Å²) in [5, 5.41) is 10.4. The van der Waals surface area contributed by atoms with Gasteiger partial charge in [-0.05, 0) is 26.6 Å². The summed E-state index contributed by atoms with van der Waals surface area (Å²) in [4.78, 5) is 8.64. The van der Waals surface area contributed by atoms with E-state index < -0.39 is 6.10 Å². The lowest BCUT2D eigenvalue weighted by molar-refractivity contribution is 0.0136. The van der Waals surface area contributed by atoms with E-state index in [0.29, 0.717) is 0 Å². The van der Waals surface area contributed by atoms with Crippen LogP contribution >= 0.6 is 0 Å². The Morgan fingerprint density at radius 1 is 1.35 bits per heavy atom. The summed E-state index contributed by atoms with van der Waals surface area (Å²) in [6.07, 6.45) is 3.11. The van der Waals surface area contributed by atoms with E-state index in [0.717, 1.165) is 30.8 Å². The minimum atomic E-state index is -0.463. The lowest BCUT2D eigenvalue weighted by Gasteiger charge is -2.40. The van der Waals surface area contributed by atoms with Gasteiger partial charge in [0.15, 0.2) is 0 Å². The fraction of sp³-hybridized carbons (Fsp3) is 0.615. The topological polar surface area (TPSA) is 39.6 Å². The van der Waals surface area contributed by atoms with Gasteiger partial charge in [0, 0.05) is 37.6 Å². The normalized spacial score (nSPS) is 24.8. The van der Waals surface area contributed by atoms with Crippen molar-refractivity contribution in [2.75, 3.05) is 33.7 Å². The molecular weight excluding hydrogens is 214 g/mol. The van der Waals surface area contributed by atoms with Crippen molar-refractivity contribution in [3.63, 3.8) is 0 Å². The standard InChI is InChI=1S/C13H21N3O/c1-10-6-11(8-14-7-10)13(17)12-9-15(2)4-5-16(12)3/h6-8,12-13,17H,4-5,9H2,1-3H3. The van der Waals surface area contributed by atoms with E-state index in [1.54, 1.807) is 6.20 Å². The van der Waals surface area contributed by atoms with E-state index in [1.165, 1.54) is 0 Å². The molecule has 1 aromatic rings. The molecule has 2 atom stereocenters. The number of nitrogens with zero attached hydrogens (tertiary/aromatic N) is 3. The number of aliphatic hydroxyl groups excluding tert-OH is 1. The second-order valence-electron chi connectivity index (χ2n) is 5.05. The van der Waals surface area contributed by atoms with Crippen LogP contribution < -0.4 is 0 Å². The van der Waals surface area contributed by atoms with Crippen LogP contribution in [0.5, 0.6) is 0 Å². The lowest BCUT2D eigenvalue weighted by atomic mass is 10.00. The van der Waals surface area contributed by atoms with Crippen molar-refractivity contribution < 1.29 is 5.11 Å². The molecule has 1 N–H and O–H groups in total. The highest BCUT2D eigenvalue weighted by atomic mass is 16.3. The Morgan fingerprint density at radius 2 is 2.12 bits per heavy atom. The minimum Gasteiger partial charge on any atom is -0.387 e. The average molecular weight is 235 g/mol. The molecule has 0 radical (unpaired) electrons. The summed E-state index contributed by atoms with van der Waals surface area (Å²) >= 11 is 0. The number of aryl methyl sites for hydroxylation is 1. The SMILES string of the molecule is Cc1cncc(C(O)C2CN(C)CCN2C)c1. The zero-order chi connectivity index (χ0) is 12.4. The Morgan fingerprint density at radius 3 is 2.82 bits per heavy atom. The molecule has 1 aliphatic heterocycles. The van der Waals surface area contributed by atoms with Gasteiger partial charge in [0.25, 0.3) is 0 Å².